The second kappa shape index (κ2) is 4.60. The SMILES string of the molecule is Cn1cnc(CNc2ncccc2C(N)=O)n1. The Kier molecular flexibility index (Phi) is 2.99. The first-order chi connectivity index (χ1) is 8.16. The molecule has 0 saturated heterocycles. The minimum atomic E-state index is -0.519. The van der Waals surface area contributed by atoms with Crippen molar-refractivity contribution in [3.63, 3.8) is 0 Å². The van der Waals surface area contributed by atoms with E-state index in [-0.39, 0.29) is 0 Å². The molecule has 0 spiro atoms. The van der Waals surface area contributed by atoms with Gasteiger partial charge in [0.15, 0.2) is 5.82 Å². The molecule has 17 heavy (non-hydrogen) atoms. The highest BCUT2D eigenvalue weighted by Crippen LogP contribution is 2.10. The lowest BCUT2D eigenvalue weighted by atomic mass is 10.2. The zero-order valence-electron chi connectivity index (χ0n) is 9.29. The molecule has 0 radical (unpaired) electrons. The number of aryl methyl sites for hydroxylation is 1. The quantitative estimate of drug-likeness (QED) is 0.768. The van der Waals surface area contributed by atoms with Crippen molar-refractivity contribution in [1.82, 2.24) is 19.7 Å². The molecular formula is C10H12N6O. The number of carbonyl (C=O) groups is 1. The minimum absolute atomic E-state index is 0.350. The summed E-state index contributed by atoms with van der Waals surface area (Å²) in [5.74, 6) is 0.538. The second-order valence-corrected chi connectivity index (χ2v) is 3.45. The molecule has 1 amide bonds. The molecule has 0 aromatic carbocycles. The van der Waals surface area contributed by atoms with Crippen molar-refractivity contribution in [3.05, 3.63) is 36.0 Å². The summed E-state index contributed by atoms with van der Waals surface area (Å²) < 4.78 is 1.60. The van der Waals surface area contributed by atoms with E-state index in [4.69, 9.17) is 5.73 Å². The molecule has 7 nitrogen and oxygen atoms in total. The average molecular weight is 232 g/mol. The van der Waals surface area contributed by atoms with E-state index in [0.717, 1.165) is 0 Å². The molecule has 0 saturated carbocycles. The van der Waals surface area contributed by atoms with Crippen molar-refractivity contribution >= 4 is 11.7 Å². The Bertz CT molecular complexity index is 535. The number of aromatic nitrogens is 4. The Balaban J connectivity index is 2.11. The van der Waals surface area contributed by atoms with E-state index in [1.165, 1.54) is 0 Å². The molecule has 0 bridgehead atoms. The number of nitrogens with zero attached hydrogens (tertiary/aromatic N) is 4. The van der Waals surface area contributed by atoms with E-state index < -0.39 is 5.91 Å². The summed E-state index contributed by atoms with van der Waals surface area (Å²) in [4.78, 5) is 19.2. The zero-order chi connectivity index (χ0) is 12.3. The third-order valence-corrected chi connectivity index (χ3v) is 2.13. The van der Waals surface area contributed by atoms with Crippen molar-refractivity contribution in [3.8, 4) is 0 Å². The van der Waals surface area contributed by atoms with Crippen LogP contribution in [0.1, 0.15) is 16.2 Å². The van der Waals surface area contributed by atoms with E-state index >= 15 is 0 Å². The van der Waals surface area contributed by atoms with Crippen molar-refractivity contribution in [1.29, 1.82) is 0 Å². The minimum Gasteiger partial charge on any atom is -0.365 e. The zero-order valence-corrected chi connectivity index (χ0v) is 9.29. The van der Waals surface area contributed by atoms with Crippen LogP contribution in [0.3, 0.4) is 0 Å². The number of nitrogens with one attached hydrogen (secondary N) is 1. The lowest BCUT2D eigenvalue weighted by molar-refractivity contribution is 0.100. The van der Waals surface area contributed by atoms with Crippen LogP contribution >= 0.6 is 0 Å². The van der Waals surface area contributed by atoms with Crippen LogP contribution in [0.5, 0.6) is 0 Å². The van der Waals surface area contributed by atoms with Gasteiger partial charge in [-0.1, -0.05) is 0 Å². The fraction of sp³-hybridized carbons (Fsp3) is 0.200. The molecule has 2 heterocycles. The molecule has 0 aliphatic carbocycles. The smallest absolute Gasteiger partial charge is 0.252 e. The summed E-state index contributed by atoms with van der Waals surface area (Å²) in [5, 5.41) is 7.07. The summed E-state index contributed by atoms with van der Waals surface area (Å²) in [6.07, 6.45) is 3.19. The Morgan fingerprint density at radius 3 is 3.00 bits per heavy atom. The van der Waals surface area contributed by atoms with Gasteiger partial charge in [0.05, 0.1) is 12.1 Å². The number of carbonyl (C=O) groups excluding carboxylic acids is 1. The molecule has 0 unspecified atom stereocenters. The molecule has 0 fully saturated rings. The van der Waals surface area contributed by atoms with Gasteiger partial charge in [0.25, 0.3) is 5.91 Å². The molecule has 2 aromatic heterocycles. The maximum Gasteiger partial charge on any atom is 0.252 e. The molecule has 3 N–H and O–H groups in total. The summed E-state index contributed by atoms with van der Waals surface area (Å²) >= 11 is 0. The van der Waals surface area contributed by atoms with Crippen molar-refractivity contribution in [2.24, 2.45) is 12.8 Å². The molecule has 2 aromatic rings. The van der Waals surface area contributed by atoms with Crippen LogP contribution in [0.4, 0.5) is 5.82 Å². The van der Waals surface area contributed by atoms with Gasteiger partial charge in [-0.2, -0.15) is 5.10 Å². The summed E-state index contributed by atoms with van der Waals surface area (Å²) in [6.45, 7) is 0.387. The Hall–Kier alpha value is -2.44. The topological polar surface area (TPSA) is 98.7 Å². The highest BCUT2D eigenvalue weighted by atomic mass is 16.1. The van der Waals surface area contributed by atoms with Gasteiger partial charge in [-0.25, -0.2) is 9.97 Å². The van der Waals surface area contributed by atoms with Crippen LogP contribution < -0.4 is 11.1 Å². The molecular weight excluding hydrogens is 220 g/mol. The number of primary amides is 1. The fourth-order valence-corrected chi connectivity index (χ4v) is 1.37. The standard InChI is InChI=1S/C10H12N6O/c1-16-6-14-8(15-16)5-13-10-7(9(11)17)3-2-4-12-10/h2-4,6H,5H2,1H3,(H2,11,17)(H,12,13). The highest BCUT2D eigenvalue weighted by Gasteiger charge is 2.08. The lowest BCUT2D eigenvalue weighted by Gasteiger charge is -2.06. The summed E-state index contributed by atoms with van der Waals surface area (Å²) in [5.41, 5.74) is 5.58. The average Bonchev–Trinajstić information content (AvgIpc) is 2.73. The van der Waals surface area contributed by atoms with Gasteiger partial charge in [-0.05, 0) is 12.1 Å². The van der Waals surface area contributed by atoms with Crippen molar-refractivity contribution in [2.75, 3.05) is 5.32 Å². The van der Waals surface area contributed by atoms with Gasteiger partial charge < -0.3 is 11.1 Å². The number of rotatable bonds is 4. The van der Waals surface area contributed by atoms with E-state index in [2.05, 4.69) is 20.4 Å². The number of hydrogen-bond donors (Lipinski definition) is 2. The van der Waals surface area contributed by atoms with Crippen LogP contribution in [-0.2, 0) is 13.6 Å². The number of hydrogen-bond acceptors (Lipinski definition) is 5. The Morgan fingerprint density at radius 1 is 1.53 bits per heavy atom. The van der Waals surface area contributed by atoms with E-state index in [9.17, 15) is 4.79 Å². The second-order valence-electron chi connectivity index (χ2n) is 3.45. The van der Waals surface area contributed by atoms with Gasteiger partial charge in [-0.3, -0.25) is 9.48 Å². The summed E-state index contributed by atoms with van der Waals surface area (Å²) in [6, 6.07) is 3.27. The van der Waals surface area contributed by atoms with Crippen LogP contribution in [0, 0.1) is 0 Å². The van der Waals surface area contributed by atoms with Gasteiger partial charge in [0, 0.05) is 13.2 Å². The first-order valence-corrected chi connectivity index (χ1v) is 5.00. The van der Waals surface area contributed by atoms with E-state index in [1.807, 2.05) is 0 Å². The van der Waals surface area contributed by atoms with Crippen molar-refractivity contribution in [2.45, 2.75) is 6.54 Å². The summed E-state index contributed by atoms with van der Waals surface area (Å²) in [7, 11) is 1.78. The van der Waals surface area contributed by atoms with Gasteiger partial charge >= 0.3 is 0 Å². The van der Waals surface area contributed by atoms with Crippen LogP contribution in [-0.4, -0.2) is 25.7 Å². The fourth-order valence-electron chi connectivity index (χ4n) is 1.37. The van der Waals surface area contributed by atoms with Crippen molar-refractivity contribution < 1.29 is 4.79 Å². The first kappa shape index (κ1) is 11.1. The molecule has 7 heteroatoms. The maximum absolute atomic E-state index is 11.1. The third-order valence-electron chi connectivity index (χ3n) is 2.13. The number of anilines is 1. The van der Waals surface area contributed by atoms with Crippen LogP contribution in [0.15, 0.2) is 24.7 Å². The molecule has 2 rings (SSSR count). The lowest BCUT2D eigenvalue weighted by Crippen LogP contribution is -2.15. The monoisotopic (exact) mass is 232 g/mol. The maximum atomic E-state index is 11.1. The third kappa shape index (κ3) is 2.57. The number of nitrogens with two attached hydrogens (primary N) is 1. The predicted octanol–water partition coefficient (Wildman–Crippen LogP) is -0.0789. The van der Waals surface area contributed by atoms with E-state index in [1.54, 1.807) is 36.4 Å². The largest absolute Gasteiger partial charge is 0.365 e. The van der Waals surface area contributed by atoms with Crippen LogP contribution in [0.25, 0.3) is 0 Å². The molecule has 0 atom stereocenters. The Labute approximate surface area is 97.7 Å². The normalized spacial score (nSPS) is 10.2. The molecule has 0 aliphatic heterocycles. The number of amides is 1. The Morgan fingerprint density at radius 2 is 2.35 bits per heavy atom. The first-order valence-electron chi connectivity index (χ1n) is 5.00. The highest BCUT2D eigenvalue weighted by molar-refractivity contribution is 5.97. The number of pyridine rings is 1. The van der Waals surface area contributed by atoms with Gasteiger partial charge in [-0.15, -0.1) is 0 Å². The van der Waals surface area contributed by atoms with Crippen LogP contribution in [0.2, 0.25) is 0 Å². The predicted molar refractivity (Wildman–Crippen MR) is 61.1 cm³/mol. The van der Waals surface area contributed by atoms with E-state index in [0.29, 0.717) is 23.8 Å². The van der Waals surface area contributed by atoms with Gasteiger partial charge in [0.1, 0.15) is 12.1 Å². The molecule has 88 valence electrons. The molecule has 0 aliphatic rings. The van der Waals surface area contributed by atoms with Gasteiger partial charge in [0.2, 0.25) is 0 Å².